The number of hydrogen-bond donors (Lipinski definition) is 1. The van der Waals surface area contributed by atoms with Crippen LogP contribution in [0.4, 0.5) is 0 Å². The Labute approximate surface area is 72.3 Å². The largest absolute Gasteiger partial charge is 0.388 e. The molecule has 1 N–H and O–H groups in total. The lowest BCUT2D eigenvalue weighted by molar-refractivity contribution is -0.115. The van der Waals surface area contributed by atoms with Gasteiger partial charge in [0, 0.05) is 18.4 Å². The number of hydrogen-bond acceptors (Lipinski definition) is 2. The molecule has 0 aliphatic heterocycles. The second-order valence-corrected chi connectivity index (χ2v) is 2.91. The second kappa shape index (κ2) is 3.55. The fourth-order valence-corrected chi connectivity index (χ4v) is 1.29. The first-order valence-corrected chi connectivity index (χ1v) is 3.97. The molecule has 2 nitrogen and oxygen atoms in total. The highest BCUT2D eigenvalue weighted by molar-refractivity contribution is 5.99. The van der Waals surface area contributed by atoms with Crippen LogP contribution in [0.1, 0.15) is 26.7 Å². The van der Waals surface area contributed by atoms with Crippen molar-refractivity contribution in [3.05, 3.63) is 11.1 Å². The monoisotopic (exact) mass is 164 g/mol. The standard InChI is InChI=1S/C10H12O2/c1-3-4-5-8-7(2)9(11)6-10(8)12/h9,11H,5-6H2,1-2H3. The average Bonchev–Trinajstić information content (AvgIpc) is 2.25. The molecule has 0 bridgehead atoms. The van der Waals surface area contributed by atoms with E-state index in [4.69, 9.17) is 0 Å². The molecule has 0 aromatic carbocycles. The highest BCUT2D eigenvalue weighted by Gasteiger charge is 2.26. The summed E-state index contributed by atoms with van der Waals surface area (Å²) >= 11 is 0. The van der Waals surface area contributed by atoms with Crippen LogP contribution in [0, 0.1) is 11.8 Å². The van der Waals surface area contributed by atoms with Gasteiger partial charge in [0.25, 0.3) is 0 Å². The Kier molecular flexibility index (Phi) is 2.67. The number of aliphatic hydroxyl groups is 1. The first kappa shape index (κ1) is 9.02. The molecule has 0 spiro atoms. The lowest BCUT2D eigenvalue weighted by atomic mass is 10.1. The molecule has 0 fully saturated rings. The summed E-state index contributed by atoms with van der Waals surface area (Å²) in [6.07, 6.45) is 0.163. The Morgan fingerprint density at radius 3 is 2.75 bits per heavy atom. The number of carbonyl (C=O) groups excluding carboxylic acids is 1. The van der Waals surface area contributed by atoms with E-state index in [0.717, 1.165) is 5.57 Å². The van der Waals surface area contributed by atoms with Gasteiger partial charge in [0.05, 0.1) is 6.10 Å². The predicted molar refractivity (Wildman–Crippen MR) is 46.4 cm³/mol. The molecule has 0 saturated heterocycles. The Morgan fingerprint density at radius 1 is 1.67 bits per heavy atom. The molecule has 64 valence electrons. The lowest BCUT2D eigenvalue weighted by Crippen LogP contribution is -2.03. The van der Waals surface area contributed by atoms with Gasteiger partial charge in [0.1, 0.15) is 0 Å². The lowest BCUT2D eigenvalue weighted by Gasteiger charge is -1.99. The minimum absolute atomic E-state index is 0.0442. The summed E-state index contributed by atoms with van der Waals surface area (Å²) in [5.41, 5.74) is 1.50. The zero-order valence-corrected chi connectivity index (χ0v) is 7.35. The summed E-state index contributed by atoms with van der Waals surface area (Å²) in [6, 6.07) is 0. The van der Waals surface area contributed by atoms with Crippen LogP contribution in [0.2, 0.25) is 0 Å². The van der Waals surface area contributed by atoms with E-state index in [1.807, 2.05) is 0 Å². The summed E-state index contributed by atoms with van der Waals surface area (Å²) in [7, 11) is 0. The van der Waals surface area contributed by atoms with E-state index in [0.29, 0.717) is 12.0 Å². The predicted octanol–water partition coefficient (Wildman–Crippen LogP) is 1.05. The zero-order valence-electron chi connectivity index (χ0n) is 7.35. The molecule has 0 heterocycles. The normalized spacial score (nSPS) is 22.6. The average molecular weight is 164 g/mol. The van der Waals surface area contributed by atoms with E-state index in [-0.39, 0.29) is 12.2 Å². The van der Waals surface area contributed by atoms with E-state index in [9.17, 15) is 9.90 Å². The van der Waals surface area contributed by atoms with Gasteiger partial charge in [0.2, 0.25) is 0 Å². The van der Waals surface area contributed by atoms with E-state index in [1.54, 1.807) is 13.8 Å². The van der Waals surface area contributed by atoms with Gasteiger partial charge in [-0.05, 0) is 19.4 Å². The minimum atomic E-state index is -0.564. The van der Waals surface area contributed by atoms with E-state index in [1.165, 1.54) is 0 Å². The first-order valence-electron chi connectivity index (χ1n) is 3.97. The molecule has 0 saturated carbocycles. The van der Waals surface area contributed by atoms with Crippen molar-refractivity contribution in [1.82, 2.24) is 0 Å². The SMILES string of the molecule is CC#CCC1=C(C)C(O)CC1=O. The van der Waals surface area contributed by atoms with Crippen molar-refractivity contribution in [2.75, 3.05) is 0 Å². The molecule has 0 radical (unpaired) electrons. The Morgan fingerprint density at radius 2 is 2.33 bits per heavy atom. The van der Waals surface area contributed by atoms with Crippen LogP contribution in [0.25, 0.3) is 0 Å². The maximum atomic E-state index is 11.2. The summed E-state index contributed by atoms with van der Waals surface area (Å²) in [4.78, 5) is 11.2. The fraction of sp³-hybridized carbons (Fsp3) is 0.500. The van der Waals surface area contributed by atoms with Crippen LogP contribution in [0.15, 0.2) is 11.1 Å². The van der Waals surface area contributed by atoms with Crippen molar-refractivity contribution in [1.29, 1.82) is 0 Å². The molecule has 2 heteroatoms. The number of aliphatic hydroxyl groups excluding tert-OH is 1. The molecular weight excluding hydrogens is 152 g/mol. The van der Waals surface area contributed by atoms with Gasteiger partial charge in [-0.25, -0.2) is 0 Å². The van der Waals surface area contributed by atoms with Crippen molar-refractivity contribution < 1.29 is 9.90 Å². The van der Waals surface area contributed by atoms with Gasteiger partial charge in [-0.15, -0.1) is 5.92 Å². The van der Waals surface area contributed by atoms with Crippen molar-refractivity contribution in [2.24, 2.45) is 0 Å². The Bertz CT molecular complexity index is 289. The maximum absolute atomic E-state index is 11.2. The molecule has 1 atom stereocenters. The van der Waals surface area contributed by atoms with Crippen LogP contribution >= 0.6 is 0 Å². The van der Waals surface area contributed by atoms with Gasteiger partial charge in [-0.2, -0.15) is 0 Å². The molecule has 0 aromatic rings. The summed E-state index contributed by atoms with van der Waals surface area (Å²) in [6.45, 7) is 3.54. The Balaban J connectivity index is 2.83. The van der Waals surface area contributed by atoms with E-state index in [2.05, 4.69) is 11.8 Å². The van der Waals surface area contributed by atoms with Gasteiger partial charge in [0.15, 0.2) is 5.78 Å². The summed E-state index contributed by atoms with van der Waals surface area (Å²) in [5.74, 6) is 5.61. The van der Waals surface area contributed by atoms with Crippen molar-refractivity contribution in [2.45, 2.75) is 32.8 Å². The van der Waals surface area contributed by atoms with E-state index >= 15 is 0 Å². The molecule has 1 aliphatic rings. The fourth-order valence-electron chi connectivity index (χ4n) is 1.29. The quantitative estimate of drug-likeness (QED) is 0.588. The second-order valence-electron chi connectivity index (χ2n) is 2.91. The summed E-state index contributed by atoms with van der Waals surface area (Å²) in [5, 5.41) is 9.31. The van der Waals surface area contributed by atoms with Gasteiger partial charge < -0.3 is 5.11 Å². The van der Waals surface area contributed by atoms with Crippen LogP contribution in [0.3, 0.4) is 0 Å². The molecule has 12 heavy (non-hydrogen) atoms. The van der Waals surface area contributed by atoms with Crippen molar-refractivity contribution in [3.8, 4) is 11.8 Å². The number of carbonyl (C=O) groups is 1. The molecular formula is C10H12O2. The minimum Gasteiger partial charge on any atom is -0.388 e. The third-order valence-corrected chi connectivity index (χ3v) is 2.13. The molecule has 0 amide bonds. The molecule has 1 aliphatic carbocycles. The van der Waals surface area contributed by atoms with E-state index < -0.39 is 6.10 Å². The molecule has 1 unspecified atom stereocenters. The zero-order chi connectivity index (χ0) is 9.14. The number of allylic oxidation sites excluding steroid dienone is 1. The number of Topliss-reactive ketones (excluding diaryl/α,β-unsaturated/α-hetero) is 1. The van der Waals surface area contributed by atoms with Crippen LogP contribution in [-0.4, -0.2) is 17.0 Å². The molecule has 0 aromatic heterocycles. The van der Waals surface area contributed by atoms with Crippen LogP contribution < -0.4 is 0 Å². The smallest absolute Gasteiger partial charge is 0.162 e. The van der Waals surface area contributed by atoms with Crippen molar-refractivity contribution >= 4 is 5.78 Å². The van der Waals surface area contributed by atoms with Crippen LogP contribution in [0.5, 0.6) is 0 Å². The van der Waals surface area contributed by atoms with Crippen molar-refractivity contribution in [3.63, 3.8) is 0 Å². The third-order valence-electron chi connectivity index (χ3n) is 2.13. The Hall–Kier alpha value is -1.07. The van der Waals surface area contributed by atoms with Crippen LogP contribution in [-0.2, 0) is 4.79 Å². The number of rotatable bonds is 1. The van der Waals surface area contributed by atoms with Gasteiger partial charge in [-0.3, -0.25) is 4.79 Å². The highest BCUT2D eigenvalue weighted by Crippen LogP contribution is 2.24. The van der Waals surface area contributed by atoms with Gasteiger partial charge >= 0.3 is 0 Å². The highest BCUT2D eigenvalue weighted by atomic mass is 16.3. The molecule has 1 rings (SSSR count). The third kappa shape index (κ3) is 1.57. The topological polar surface area (TPSA) is 37.3 Å². The van der Waals surface area contributed by atoms with Gasteiger partial charge in [-0.1, -0.05) is 5.92 Å². The number of ketones is 1. The summed E-state index contributed by atoms with van der Waals surface area (Å²) < 4.78 is 0. The first-order chi connectivity index (χ1) is 5.66. The maximum Gasteiger partial charge on any atom is 0.162 e.